The van der Waals surface area contributed by atoms with Gasteiger partial charge in [-0.2, -0.15) is 0 Å². The molecular weight excluding hydrogens is 327 g/mol. The van der Waals surface area contributed by atoms with Crippen LogP contribution in [0.2, 0.25) is 10.0 Å². The number of imidazole rings is 1. The number of aromatic amines is 1. The molecule has 2 aromatic carbocycles. The highest BCUT2D eigenvalue weighted by atomic mass is 35.5. The third-order valence-corrected chi connectivity index (χ3v) is 4.53. The molecule has 1 atom stereocenters. The molecule has 0 radical (unpaired) electrons. The van der Waals surface area contributed by atoms with Crippen LogP contribution in [-0.4, -0.2) is 9.97 Å². The molecule has 2 nitrogen and oxygen atoms in total. The van der Waals surface area contributed by atoms with Crippen LogP contribution in [0.5, 0.6) is 0 Å². The van der Waals surface area contributed by atoms with E-state index in [-0.39, 0.29) is 0 Å². The van der Waals surface area contributed by atoms with Crippen molar-refractivity contribution in [3.05, 3.63) is 87.4 Å². The number of nitrogens with one attached hydrogen (secondary N) is 1. The number of benzene rings is 2. The van der Waals surface area contributed by atoms with Gasteiger partial charge in [-0.3, -0.25) is 0 Å². The highest BCUT2D eigenvalue weighted by molar-refractivity contribution is 6.35. The van der Waals surface area contributed by atoms with Gasteiger partial charge in [-0.05, 0) is 29.2 Å². The van der Waals surface area contributed by atoms with E-state index >= 15 is 0 Å². The minimum atomic E-state index is 0.425. The molecule has 23 heavy (non-hydrogen) atoms. The lowest BCUT2D eigenvalue weighted by atomic mass is 9.98. The van der Waals surface area contributed by atoms with Crippen molar-refractivity contribution in [1.82, 2.24) is 9.97 Å². The number of halogens is 2. The molecular formula is C19H18Cl2N2. The summed E-state index contributed by atoms with van der Waals surface area (Å²) in [7, 11) is 0. The molecule has 0 aliphatic rings. The van der Waals surface area contributed by atoms with Crippen LogP contribution in [0, 0.1) is 0 Å². The van der Waals surface area contributed by atoms with Crippen LogP contribution in [0.15, 0.2) is 54.7 Å². The first-order chi connectivity index (χ1) is 11.1. The molecule has 4 heteroatoms. The smallest absolute Gasteiger partial charge is 0.106 e. The number of H-pyrrole nitrogens is 1. The van der Waals surface area contributed by atoms with Crippen LogP contribution in [-0.2, 0) is 12.8 Å². The number of hydrogen-bond acceptors (Lipinski definition) is 1. The van der Waals surface area contributed by atoms with Gasteiger partial charge in [0.1, 0.15) is 5.82 Å². The van der Waals surface area contributed by atoms with Crippen molar-refractivity contribution in [3.63, 3.8) is 0 Å². The first-order valence-corrected chi connectivity index (χ1v) is 8.39. The molecule has 0 aliphatic carbocycles. The third-order valence-electron chi connectivity index (χ3n) is 3.95. The predicted molar refractivity (Wildman–Crippen MR) is 96.4 cm³/mol. The zero-order chi connectivity index (χ0) is 16.2. The van der Waals surface area contributed by atoms with Crippen LogP contribution in [0.25, 0.3) is 0 Å². The second kappa shape index (κ2) is 7.20. The van der Waals surface area contributed by atoms with Crippen molar-refractivity contribution in [2.45, 2.75) is 25.7 Å². The molecule has 0 fully saturated rings. The summed E-state index contributed by atoms with van der Waals surface area (Å²) in [6.45, 7) is 2.22. The zero-order valence-electron chi connectivity index (χ0n) is 12.9. The fourth-order valence-corrected chi connectivity index (χ4v) is 3.13. The SMILES string of the molecule is CC(Cc1ncc(Cc2ccc(Cl)cc2Cl)[nH]1)c1ccccc1. The largest absolute Gasteiger partial charge is 0.346 e. The molecule has 1 N–H and O–H groups in total. The van der Waals surface area contributed by atoms with E-state index in [2.05, 4.69) is 41.2 Å². The van der Waals surface area contributed by atoms with Gasteiger partial charge in [-0.25, -0.2) is 4.98 Å². The van der Waals surface area contributed by atoms with E-state index in [9.17, 15) is 0 Å². The van der Waals surface area contributed by atoms with Crippen LogP contribution < -0.4 is 0 Å². The van der Waals surface area contributed by atoms with Crippen LogP contribution in [0.4, 0.5) is 0 Å². The van der Waals surface area contributed by atoms with Gasteiger partial charge >= 0.3 is 0 Å². The fourth-order valence-electron chi connectivity index (χ4n) is 2.66. The Morgan fingerprint density at radius 2 is 1.87 bits per heavy atom. The Kier molecular flexibility index (Phi) is 5.04. The van der Waals surface area contributed by atoms with E-state index in [4.69, 9.17) is 23.2 Å². The highest BCUT2D eigenvalue weighted by Crippen LogP contribution is 2.24. The molecule has 0 spiro atoms. The minimum absolute atomic E-state index is 0.425. The molecule has 0 saturated carbocycles. The highest BCUT2D eigenvalue weighted by Gasteiger charge is 2.10. The summed E-state index contributed by atoms with van der Waals surface area (Å²) in [4.78, 5) is 7.90. The van der Waals surface area contributed by atoms with Gasteiger partial charge in [0.15, 0.2) is 0 Å². The molecule has 1 heterocycles. The maximum atomic E-state index is 6.23. The van der Waals surface area contributed by atoms with Gasteiger partial charge in [-0.15, -0.1) is 0 Å². The van der Waals surface area contributed by atoms with Crippen molar-refractivity contribution in [1.29, 1.82) is 0 Å². The van der Waals surface area contributed by atoms with Crippen molar-refractivity contribution in [3.8, 4) is 0 Å². The summed E-state index contributed by atoms with van der Waals surface area (Å²) in [5.74, 6) is 1.43. The van der Waals surface area contributed by atoms with E-state index in [0.717, 1.165) is 29.9 Å². The molecule has 3 rings (SSSR count). The predicted octanol–water partition coefficient (Wildman–Crippen LogP) is 5.65. The van der Waals surface area contributed by atoms with Crippen LogP contribution in [0.3, 0.4) is 0 Å². The first-order valence-electron chi connectivity index (χ1n) is 7.63. The van der Waals surface area contributed by atoms with E-state index in [1.54, 1.807) is 6.07 Å². The number of hydrogen-bond donors (Lipinski definition) is 1. The van der Waals surface area contributed by atoms with Gasteiger partial charge in [-0.1, -0.05) is 66.5 Å². The van der Waals surface area contributed by atoms with Gasteiger partial charge in [0, 0.05) is 34.8 Å². The molecule has 1 aromatic heterocycles. The fraction of sp³-hybridized carbons (Fsp3) is 0.211. The van der Waals surface area contributed by atoms with Crippen LogP contribution >= 0.6 is 23.2 Å². The van der Waals surface area contributed by atoms with E-state index in [0.29, 0.717) is 16.0 Å². The summed E-state index contributed by atoms with van der Waals surface area (Å²) in [5.41, 5.74) is 3.43. The maximum Gasteiger partial charge on any atom is 0.106 e. The van der Waals surface area contributed by atoms with Crippen molar-refractivity contribution in [2.24, 2.45) is 0 Å². The second-order valence-corrected chi connectivity index (χ2v) is 6.63. The van der Waals surface area contributed by atoms with Gasteiger partial charge in [0.2, 0.25) is 0 Å². The quantitative estimate of drug-likeness (QED) is 0.636. The molecule has 3 aromatic rings. The summed E-state index contributed by atoms with van der Waals surface area (Å²) < 4.78 is 0. The summed E-state index contributed by atoms with van der Waals surface area (Å²) in [5, 5.41) is 1.34. The topological polar surface area (TPSA) is 28.7 Å². The number of rotatable bonds is 5. The third kappa shape index (κ3) is 4.15. The Morgan fingerprint density at radius 3 is 2.61 bits per heavy atom. The van der Waals surface area contributed by atoms with Crippen LogP contribution in [0.1, 0.15) is 35.5 Å². The van der Waals surface area contributed by atoms with Crippen molar-refractivity contribution < 1.29 is 0 Å². The first kappa shape index (κ1) is 16.1. The van der Waals surface area contributed by atoms with E-state index in [1.165, 1.54) is 5.56 Å². The normalized spacial score (nSPS) is 12.3. The summed E-state index contributed by atoms with van der Waals surface area (Å²) in [6.07, 6.45) is 3.50. The Hall–Kier alpha value is -1.77. The van der Waals surface area contributed by atoms with Crippen molar-refractivity contribution in [2.75, 3.05) is 0 Å². The van der Waals surface area contributed by atoms with Gasteiger partial charge in [0.25, 0.3) is 0 Å². The van der Waals surface area contributed by atoms with Gasteiger partial charge < -0.3 is 4.98 Å². The Labute approximate surface area is 146 Å². The Balaban J connectivity index is 1.68. The molecule has 118 valence electrons. The lowest BCUT2D eigenvalue weighted by molar-refractivity contribution is 0.725. The van der Waals surface area contributed by atoms with Crippen molar-refractivity contribution >= 4 is 23.2 Å². The average molecular weight is 345 g/mol. The zero-order valence-corrected chi connectivity index (χ0v) is 14.4. The molecule has 0 bridgehead atoms. The lowest BCUT2D eigenvalue weighted by Crippen LogP contribution is -2.00. The Morgan fingerprint density at radius 1 is 1.09 bits per heavy atom. The monoisotopic (exact) mass is 344 g/mol. The van der Waals surface area contributed by atoms with E-state index in [1.807, 2.05) is 24.4 Å². The summed E-state index contributed by atoms with van der Waals surface area (Å²) in [6, 6.07) is 16.1. The molecule has 1 unspecified atom stereocenters. The maximum absolute atomic E-state index is 6.23. The average Bonchev–Trinajstić information content (AvgIpc) is 2.98. The molecule has 0 amide bonds. The minimum Gasteiger partial charge on any atom is -0.346 e. The number of nitrogens with zero attached hydrogens (tertiary/aromatic N) is 1. The standard InChI is InChI=1S/C19H18Cl2N2/c1-13(14-5-3-2-4-6-14)9-19-22-12-17(23-19)10-15-7-8-16(20)11-18(15)21/h2-8,11-13H,9-10H2,1H3,(H,22,23). The molecule has 0 aliphatic heterocycles. The summed E-state index contributed by atoms with van der Waals surface area (Å²) >= 11 is 12.2. The number of aromatic nitrogens is 2. The second-order valence-electron chi connectivity index (χ2n) is 5.78. The lowest BCUT2D eigenvalue weighted by Gasteiger charge is -2.09. The Bertz CT molecular complexity index is 781. The molecule has 0 saturated heterocycles. The van der Waals surface area contributed by atoms with E-state index < -0.39 is 0 Å². The van der Waals surface area contributed by atoms with Gasteiger partial charge in [0.05, 0.1) is 0 Å².